The number of nitrogens with zero attached hydrogens (tertiary/aromatic N) is 2. The molecule has 1 aliphatic rings. The average Bonchev–Trinajstić information content (AvgIpc) is 2.75. The summed E-state index contributed by atoms with van der Waals surface area (Å²) in [5.41, 5.74) is -2.62. The minimum Gasteiger partial charge on any atom is -0.447 e. The van der Waals surface area contributed by atoms with E-state index in [2.05, 4.69) is 4.74 Å². The fourth-order valence-electron chi connectivity index (χ4n) is 1.56. The van der Waals surface area contributed by atoms with Crippen molar-refractivity contribution in [3.8, 4) is 0 Å². The molecule has 1 aromatic rings. The number of hydrogen-bond donors (Lipinski definition) is 1. The van der Waals surface area contributed by atoms with Crippen molar-refractivity contribution >= 4 is 17.9 Å². The van der Waals surface area contributed by atoms with Crippen molar-refractivity contribution in [1.82, 2.24) is 14.5 Å². The summed E-state index contributed by atoms with van der Waals surface area (Å²) in [6.45, 7) is -0.696. The molecule has 0 aromatic carbocycles. The fourth-order valence-corrected chi connectivity index (χ4v) is 1.56. The van der Waals surface area contributed by atoms with E-state index >= 15 is 0 Å². The average molecular weight is 297 g/mol. The molecule has 0 unspecified atom stereocenters. The molecule has 0 atom stereocenters. The quantitative estimate of drug-likeness (QED) is 0.684. The molecular formula is C11H8FN3O6. The Balaban J connectivity index is 2.02. The van der Waals surface area contributed by atoms with Gasteiger partial charge in [-0.2, -0.15) is 8.96 Å². The van der Waals surface area contributed by atoms with Crippen LogP contribution in [0, 0.1) is 5.82 Å². The second-order valence-corrected chi connectivity index (χ2v) is 3.86. The molecule has 0 radical (unpaired) electrons. The van der Waals surface area contributed by atoms with Crippen LogP contribution >= 0.6 is 0 Å². The third kappa shape index (κ3) is 2.78. The molecule has 10 heteroatoms. The van der Waals surface area contributed by atoms with Gasteiger partial charge in [-0.15, -0.1) is 0 Å². The SMILES string of the molecule is O=C1C=CC(=O)N1CCOC(=O)n1c(=O)[nH]cc(F)c1=O. The Morgan fingerprint density at radius 1 is 1.19 bits per heavy atom. The summed E-state index contributed by atoms with van der Waals surface area (Å²) in [6, 6.07) is 0. The number of rotatable bonds is 3. The van der Waals surface area contributed by atoms with Crippen LogP contribution in [0.3, 0.4) is 0 Å². The summed E-state index contributed by atoms with van der Waals surface area (Å²) in [7, 11) is 0. The van der Waals surface area contributed by atoms with E-state index in [1.165, 1.54) is 0 Å². The second-order valence-electron chi connectivity index (χ2n) is 3.86. The van der Waals surface area contributed by atoms with Crippen molar-refractivity contribution in [3.05, 3.63) is 45.0 Å². The Bertz CT molecular complexity index is 744. The Hall–Kier alpha value is -3.04. The van der Waals surface area contributed by atoms with Gasteiger partial charge in [0.25, 0.3) is 11.8 Å². The van der Waals surface area contributed by atoms with E-state index in [-0.39, 0.29) is 11.1 Å². The molecule has 1 aliphatic heterocycles. The Morgan fingerprint density at radius 2 is 1.81 bits per heavy atom. The Kier molecular flexibility index (Phi) is 3.78. The van der Waals surface area contributed by atoms with Gasteiger partial charge < -0.3 is 9.72 Å². The lowest BCUT2D eigenvalue weighted by Gasteiger charge is -2.13. The van der Waals surface area contributed by atoms with Crippen molar-refractivity contribution in [2.75, 3.05) is 13.2 Å². The highest BCUT2D eigenvalue weighted by molar-refractivity contribution is 6.12. The third-order valence-corrected chi connectivity index (χ3v) is 2.56. The van der Waals surface area contributed by atoms with Gasteiger partial charge in [-0.05, 0) is 0 Å². The summed E-state index contributed by atoms with van der Waals surface area (Å²) < 4.78 is 17.5. The summed E-state index contributed by atoms with van der Waals surface area (Å²) in [5, 5.41) is 0. The molecule has 1 N–H and O–H groups in total. The lowest BCUT2D eigenvalue weighted by Crippen LogP contribution is -2.42. The molecule has 2 rings (SSSR count). The van der Waals surface area contributed by atoms with E-state index in [0.717, 1.165) is 17.1 Å². The number of carbonyl (C=O) groups is 3. The number of imide groups is 1. The smallest absolute Gasteiger partial charge is 0.425 e. The Labute approximate surface area is 115 Å². The van der Waals surface area contributed by atoms with Crippen molar-refractivity contribution in [2.45, 2.75) is 0 Å². The van der Waals surface area contributed by atoms with Crippen LogP contribution in [0.4, 0.5) is 9.18 Å². The number of aromatic amines is 1. The van der Waals surface area contributed by atoms with Crippen molar-refractivity contribution in [1.29, 1.82) is 0 Å². The van der Waals surface area contributed by atoms with Crippen LogP contribution in [0.15, 0.2) is 27.9 Å². The predicted molar refractivity (Wildman–Crippen MR) is 63.9 cm³/mol. The topological polar surface area (TPSA) is 119 Å². The van der Waals surface area contributed by atoms with Gasteiger partial charge in [0.05, 0.1) is 6.54 Å². The van der Waals surface area contributed by atoms with Gasteiger partial charge >= 0.3 is 17.3 Å². The maximum Gasteiger partial charge on any atom is 0.425 e. The molecule has 0 saturated heterocycles. The molecule has 2 heterocycles. The van der Waals surface area contributed by atoms with E-state index < -0.39 is 41.6 Å². The molecule has 21 heavy (non-hydrogen) atoms. The molecule has 0 bridgehead atoms. The van der Waals surface area contributed by atoms with Crippen LogP contribution in [-0.2, 0) is 14.3 Å². The summed E-state index contributed by atoms with van der Waals surface area (Å²) >= 11 is 0. The lowest BCUT2D eigenvalue weighted by molar-refractivity contribution is -0.137. The minimum atomic E-state index is -1.46. The molecule has 0 saturated carbocycles. The highest BCUT2D eigenvalue weighted by Crippen LogP contribution is 2.02. The van der Waals surface area contributed by atoms with E-state index in [0.29, 0.717) is 6.20 Å². The molecule has 0 spiro atoms. The molecule has 0 aliphatic carbocycles. The summed E-state index contributed by atoms with van der Waals surface area (Å²) in [6.07, 6.45) is 1.20. The molecule has 9 nitrogen and oxygen atoms in total. The van der Waals surface area contributed by atoms with Gasteiger partial charge in [0.2, 0.25) is 5.82 Å². The van der Waals surface area contributed by atoms with Gasteiger partial charge in [0.15, 0.2) is 0 Å². The highest BCUT2D eigenvalue weighted by atomic mass is 19.1. The van der Waals surface area contributed by atoms with Crippen LogP contribution < -0.4 is 11.2 Å². The van der Waals surface area contributed by atoms with Crippen LogP contribution in [-0.4, -0.2) is 45.5 Å². The summed E-state index contributed by atoms with van der Waals surface area (Å²) in [4.78, 5) is 59.1. The van der Waals surface area contributed by atoms with Crippen LogP contribution in [0.1, 0.15) is 0 Å². The van der Waals surface area contributed by atoms with E-state index in [9.17, 15) is 28.4 Å². The third-order valence-electron chi connectivity index (χ3n) is 2.56. The van der Waals surface area contributed by atoms with E-state index in [4.69, 9.17) is 0 Å². The molecular weight excluding hydrogens is 289 g/mol. The number of H-pyrrole nitrogens is 1. The normalized spacial score (nSPS) is 13.9. The first-order valence-corrected chi connectivity index (χ1v) is 5.62. The zero-order valence-corrected chi connectivity index (χ0v) is 10.4. The number of hydrogen-bond acceptors (Lipinski definition) is 6. The first kappa shape index (κ1) is 14.4. The zero-order chi connectivity index (χ0) is 15.6. The van der Waals surface area contributed by atoms with Gasteiger partial charge in [0.1, 0.15) is 6.61 Å². The lowest BCUT2D eigenvalue weighted by atomic mass is 10.5. The van der Waals surface area contributed by atoms with Gasteiger partial charge in [-0.3, -0.25) is 19.3 Å². The van der Waals surface area contributed by atoms with E-state index in [1.807, 2.05) is 4.98 Å². The second kappa shape index (κ2) is 5.53. The van der Waals surface area contributed by atoms with Crippen molar-refractivity contribution in [3.63, 3.8) is 0 Å². The number of aromatic nitrogens is 2. The fraction of sp³-hybridized carbons (Fsp3) is 0.182. The van der Waals surface area contributed by atoms with Gasteiger partial charge in [-0.1, -0.05) is 0 Å². The first-order chi connectivity index (χ1) is 9.91. The predicted octanol–water partition coefficient (Wildman–Crippen LogP) is -1.41. The number of nitrogens with one attached hydrogen (secondary N) is 1. The molecule has 2 amide bonds. The number of ether oxygens (including phenoxy) is 1. The minimum absolute atomic E-state index is 0.0682. The number of amides is 2. The molecule has 1 aromatic heterocycles. The maximum absolute atomic E-state index is 13.0. The van der Waals surface area contributed by atoms with Crippen molar-refractivity contribution < 1.29 is 23.5 Å². The molecule has 110 valence electrons. The van der Waals surface area contributed by atoms with Gasteiger partial charge in [0, 0.05) is 18.3 Å². The van der Waals surface area contributed by atoms with Crippen LogP contribution in [0.5, 0.6) is 0 Å². The highest BCUT2D eigenvalue weighted by Gasteiger charge is 2.23. The Morgan fingerprint density at radius 3 is 2.43 bits per heavy atom. The number of carbonyl (C=O) groups excluding carboxylic acids is 3. The summed E-state index contributed by atoms with van der Waals surface area (Å²) in [5.74, 6) is -2.48. The van der Waals surface area contributed by atoms with E-state index in [1.54, 1.807) is 0 Å². The first-order valence-electron chi connectivity index (χ1n) is 5.62. The van der Waals surface area contributed by atoms with Crippen LogP contribution in [0.2, 0.25) is 0 Å². The van der Waals surface area contributed by atoms with Crippen molar-refractivity contribution in [2.24, 2.45) is 0 Å². The standard InChI is InChI=1S/C11H8FN3O6/c12-6-5-13-10(19)15(9(6)18)11(20)21-4-3-14-7(16)1-2-8(14)17/h1-2,5H,3-4H2,(H,13,19). The van der Waals surface area contributed by atoms with Gasteiger partial charge in [-0.25, -0.2) is 9.59 Å². The number of halogens is 1. The maximum atomic E-state index is 13.0. The molecule has 0 fully saturated rings. The largest absolute Gasteiger partial charge is 0.447 e. The monoisotopic (exact) mass is 297 g/mol. The van der Waals surface area contributed by atoms with Crippen LogP contribution in [0.25, 0.3) is 0 Å². The zero-order valence-electron chi connectivity index (χ0n) is 10.4.